The van der Waals surface area contributed by atoms with Crippen LogP contribution in [0.15, 0.2) is 4.99 Å². The molecule has 1 unspecified atom stereocenters. The zero-order chi connectivity index (χ0) is 12.6. The van der Waals surface area contributed by atoms with Crippen LogP contribution in [-0.2, 0) is 0 Å². The molecule has 1 aliphatic heterocycles. The molecule has 1 saturated heterocycles. The summed E-state index contributed by atoms with van der Waals surface area (Å²) in [6.07, 6.45) is 2.94. The number of nitrogens with one attached hydrogen (secondary N) is 2. The second kappa shape index (κ2) is 8.11. The van der Waals surface area contributed by atoms with Crippen LogP contribution in [0.1, 0.15) is 13.3 Å². The van der Waals surface area contributed by atoms with Crippen LogP contribution in [-0.4, -0.2) is 59.8 Å². The molecule has 1 aliphatic rings. The van der Waals surface area contributed by atoms with Gasteiger partial charge >= 0.3 is 0 Å². The Kier molecular flexibility index (Phi) is 7.15. The van der Waals surface area contributed by atoms with Crippen molar-refractivity contribution in [1.29, 1.82) is 0 Å². The van der Waals surface area contributed by atoms with Gasteiger partial charge in [-0.15, -0.1) is 0 Å². The molecule has 0 radical (unpaired) electrons. The first-order valence-corrected chi connectivity index (χ1v) is 8.56. The van der Waals surface area contributed by atoms with Gasteiger partial charge in [0.1, 0.15) is 0 Å². The van der Waals surface area contributed by atoms with Crippen molar-refractivity contribution in [2.75, 3.05) is 43.1 Å². The average Bonchev–Trinajstić information content (AvgIpc) is 2.74. The summed E-state index contributed by atoms with van der Waals surface area (Å²) >= 11 is 3.61. The van der Waals surface area contributed by atoms with E-state index < -0.39 is 5.60 Å². The number of guanidine groups is 1. The summed E-state index contributed by atoms with van der Waals surface area (Å²) < 4.78 is 0. The molecule has 6 heteroatoms. The maximum absolute atomic E-state index is 10.2. The van der Waals surface area contributed by atoms with Gasteiger partial charge in [-0.2, -0.15) is 23.5 Å². The molecule has 0 bridgehead atoms. The van der Waals surface area contributed by atoms with E-state index in [1.807, 2.05) is 6.92 Å². The Labute approximate surface area is 112 Å². The largest absolute Gasteiger partial charge is 0.387 e. The zero-order valence-corrected chi connectivity index (χ0v) is 12.3. The molecule has 3 N–H and O–H groups in total. The Balaban J connectivity index is 2.38. The molecule has 0 aromatic rings. The molecule has 4 nitrogen and oxygen atoms in total. The number of hydrogen-bond donors (Lipinski definition) is 3. The molecule has 17 heavy (non-hydrogen) atoms. The lowest BCUT2D eigenvalue weighted by Gasteiger charge is -2.19. The lowest BCUT2D eigenvalue weighted by molar-refractivity contribution is 0.0778. The van der Waals surface area contributed by atoms with Crippen LogP contribution in [0.2, 0.25) is 0 Å². The molecular weight excluding hydrogens is 254 g/mol. The number of hydrogen-bond acceptors (Lipinski definition) is 4. The Morgan fingerprint density at radius 2 is 2.35 bits per heavy atom. The number of aliphatic imine (C=N–C) groups is 1. The molecule has 0 amide bonds. The minimum atomic E-state index is -0.591. The third kappa shape index (κ3) is 5.88. The number of rotatable bonds is 6. The highest BCUT2D eigenvalue weighted by molar-refractivity contribution is 7.99. The summed E-state index contributed by atoms with van der Waals surface area (Å²) in [6.45, 7) is 4.29. The first-order valence-electron chi connectivity index (χ1n) is 6.01. The van der Waals surface area contributed by atoms with Crippen molar-refractivity contribution in [2.45, 2.75) is 18.9 Å². The summed E-state index contributed by atoms with van der Waals surface area (Å²) in [5, 5.41) is 16.6. The van der Waals surface area contributed by atoms with E-state index in [9.17, 15) is 5.11 Å². The molecule has 1 fully saturated rings. The molecule has 100 valence electrons. The van der Waals surface area contributed by atoms with E-state index in [1.54, 1.807) is 23.5 Å². The third-order valence-corrected chi connectivity index (χ3v) is 4.40. The highest BCUT2D eigenvalue weighted by Gasteiger charge is 2.31. The monoisotopic (exact) mass is 277 g/mol. The molecule has 1 heterocycles. The van der Waals surface area contributed by atoms with Gasteiger partial charge in [0.2, 0.25) is 0 Å². The minimum absolute atomic E-state index is 0.495. The van der Waals surface area contributed by atoms with Crippen molar-refractivity contribution in [2.24, 2.45) is 4.99 Å². The molecule has 0 saturated carbocycles. The van der Waals surface area contributed by atoms with Gasteiger partial charge in [0.05, 0.1) is 12.1 Å². The van der Waals surface area contributed by atoms with E-state index in [2.05, 4.69) is 21.9 Å². The van der Waals surface area contributed by atoms with Crippen LogP contribution < -0.4 is 10.6 Å². The highest BCUT2D eigenvalue weighted by Crippen LogP contribution is 2.27. The lowest BCUT2D eigenvalue weighted by atomic mass is 10.1. The standard InChI is InChI=1S/C11H23N3OS2/c1-3-12-10(13-5-7-16-2)14-8-11(15)4-6-17-9-11/h15H,3-9H2,1-2H3,(H2,12,13,14). The Hall–Kier alpha value is -0.0700. The lowest BCUT2D eigenvalue weighted by Crippen LogP contribution is -2.40. The predicted octanol–water partition coefficient (Wildman–Crippen LogP) is 0.772. The Bertz CT molecular complexity index is 243. The zero-order valence-electron chi connectivity index (χ0n) is 10.7. The normalized spacial score (nSPS) is 25.0. The first kappa shape index (κ1) is 15.0. The van der Waals surface area contributed by atoms with Crippen molar-refractivity contribution < 1.29 is 5.11 Å². The Morgan fingerprint density at radius 1 is 1.53 bits per heavy atom. The van der Waals surface area contributed by atoms with Gasteiger partial charge in [-0.05, 0) is 25.4 Å². The van der Waals surface area contributed by atoms with Gasteiger partial charge in [0.25, 0.3) is 0 Å². The van der Waals surface area contributed by atoms with Crippen LogP contribution in [0, 0.1) is 0 Å². The second-order valence-corrected chi connectivity index (χ2v) is 6.23. The van der Waals surface area contributed by atoms with Crippen molar-refractivity contribution in [3.05, 3.63) is 0 Å². The number of nitrogens with zero attached hydrogens (tertiary/aromatic N) is 1. The van der Waals surface area contributed by atoms with Gasteiger partial charge in [-0.3, -0.25) is 4.99 Å². The maximum atomic E-state index is 10.2. The molecule has 0 spiro atoms. The third-order valence-electron chi connectivity index (χ3n) is 2.56. The van der Waals surface area contributed by atoms with Crippen molar-refractivity contribution in [3.63, 3.8) is 0 Å². The minimum Gasteiger partial charge on any atom is -0.387 e. The summed E-state index contributed by atoms with van der Waals surface area (Å²) in [7, 11) is 0. The second-order valence-electron chi connectivity index (χ2n) is 4.14. The van der Waals surface area contributed by atoms with E-state index in [0.29, 0.717) is 6.54 Å². The molecule has 0 aromatic heterocycles. The van der Waals surface area contributed by atoms with Crippen molar-refractivity contribution in [3.8, 4) is 0 Å². The number of aliphatic hydroxyl groups is 1. The fourth-order valence-corrected chi connectivity index (χ4v) is 3.15. The van der Waals surface area contributed by atoms with Crippen LogP contribution >= 0.6 is 23.5 Å². The SMILES string of the molecule is CCNC(=NCC1(O)CCSC1)NCCSC. The van der Waals surface area contributed by atoms with E-state index in [0.717, 1.165) is 42.7 Å². The first-order chi connectivity index (χ1) is 8.20. The van der Waals surface area contributed by atoms with Crippen LogP contribution in [0.3, 0.4) is 0 Å². The molecule has 0 aromatic carbocycles. The molecule has 0 aliphatic carbocycles. The summed E-state index contributed by atoms with van der Waals surface area (Å²) in [6, 6.07) is 0. The predicted molar refractivity (Wildman–Crippen MR) is 79.3 cm³/mol. The summed E-state index contributed by atoms with van der Waals surface area (Å²) in [5.41, 5.74) is -0.591. The van der Waals surface area contributed by atoms with Gasteiger partial charge in [0.15, 0.2) is 5.96 Å². The maximum Gasteiger partial charge on any atom is 0.191 e. The van der Waals surface area contributed by atoms with Crippen molar-refractivity contribution in [1.82, 2.24) is 10.6 Å². The average molecular weight is 277 g/mol. The molecular formula is C11H23N3OS2. The fourth-order valence-electron chi connectivity index (χ4n) is 1.56. The topological polar surface area (TPSA) is 56.7 Å². The smallest absolute Gasteiger partial charge is 0.191 e. The summed E-state index contributed by atoms with van der Waals surface area (Å²) in [5.74, 6) is 3.72. The van der Waals surface area contributed by atoms with Gasteiger partial charge < -0.3 is 15.7 Å². The molecule has 1 atom stereocenters. The van der Waals surface area contributed by atoms with E-state index in [1.165, 1.54) is 0 Å². The van der Waals surface area contributed by atoms with Gasteiger partial charge in [-0.25, -0.2) is 0 Å². The van der Waals surface area contributed by atoms with Crippen LogP contribution in [0.5, 0.6) is 0 Å². The summed E-state index contributed by atoms with van der Waals surface area (Å²) in [4.78, 5) is 4.46. The van der Waals surface area contributed by atoms with E-state index >= 15 is 0 Å². The fraction of sp³-hybridized carbons (Fsp3) is 0.909. The Morgan fingerprint density at radius 3 is 2.94 bits per heavy atom. The van der Waals surface area contributed by atoms with Crippen molar-refractivity contribution >= 4 is 29.5 Å². The van der Waals surface area contributed by atoms with E-state index in [4.69, 9.17) is 0 Å². The highest BCUT2D eigenvalue weighted by atomic mass is 32.2. The van der Waals surface area contributed by atoms with Gasteiger partial charge in [0, 0.05) is 24.6 Å². The van der Waals surface area contributed by atoms with Crippen LogP contribution in [0.25, 0.3) is 0 Å². The molecule has 1 rings (SSSR count). The van der Waals surface area contributed by atoms with Gasteiger partial charge in [-0.1, -0.05) is 0 Å². The number of thioether (sulfide) groups is 2. The quantitative estimate of drug-likeness (QED) is 0.380. The van der Waals surface area contributed by atoms with Crippen LogP contribution in [0.4, 0.5) is 0 Å². The van der Waals surface area contributed by atoms with E-state index in [-0.39, 0.29) is 0 Å².